The van der Waals surface area contributed by atoms with Gasteiger partial charge in [0.2, 0.25) is 0 Å². The van der Waals surface area contributed by atoms with E-state index in [0.29, 0.717) is 0 Å². The lowest BCUT2D eigenvalue weighted by Gasteiger charge is -1.59. The first-order chi connectivity index (χ1) is 2.73. The third-order valence-corrected chi connectivity index (χ3v) is 0. The highest BCUT2D eigenvalue weighted by Gasteiger charge is 1.62. The molecule has 7 heavy (non-hydrogen) atoms. The Morgan fingerprint density at radius 1 is 1.29 bits per heavy atom. The third-order valence-electron chi connectivity index (χ3n) is 0. The monoisotopic (exact) mass is 127 g/mol. The fourth-order valence-corrected chi connectivity index (χ4v) is 0. The molecule has 0 bridgehead atoms. The summed E-state index contributed by atoms with van der Waals surface area (Å²) in [5.41, 5.74) is 0. The van der Waals surface area contributed by atoms with Crippen LogP contribution < -0.4 is 6.15 Å². The number of hydrogen-bond acceptors (Lipinski definition) is 3. The second-order valence-electron chi connectivity index (χ2n) is 0.231. The van der Waals surface area contributed by atoms with Gasteiger partial charge in [0.15, 0.2) is 0 Å². The molecule has 2 radical (unpaired) electrons. The van der Waals surface area contributed by atoms with Crippen LogP contribution in [0.3, 0.4) is 0 Å². The first-order valence-corrected chi connectivity index (χ1v) is 1.80. The van der Waals surface area contributed by atoms with Crippen molar-refractivity contribution in [2.75, 3.05) is 0 Å². The Kier molecular flexibility index (Phi) is 39.2. The molecule has 5 N–H and O–H groups in total. The van der Waals surface area contributed by atoms with Crippen LogP contribution in [0.2, 0.25) is 0 Å². The van der Waals surface area contributed by atoms with Gasteiger partial charge in [0, 0.05) is 0 Å². The van der Waals surface area contributed by atoms with Gasteiger partial charge in [0.05, 0.1) is 0 Å². The predicted molar refractivity (Wildman–Crippen MR) is 24.1 cm³/mol. The van der Waals surface area contributed by atoms with Crippen molar-refractivity contribution in [3.63, 3.8) is 0 Å². The highest BCUT2D eigenvalue weighted by molar-refractivity contribution is 7.73. The Morgan fingerprint density at radius 3 is 1.29 bits per heavy atom. The zero-order valence-corrected chi connectivity index (χ0v) is 4.14. The third kappa shape index (κ3) is 867. The summed E-state index contributed by atoms with van der Waals surface area (Å²) in [6, 6.07) is 0. The average Bonchev–Trinajstić information content (AvgIpc) is 1.41. The molecule has 0 saturated carbocycles. The minimum Gasteiger partial charge on any atom is -0.344 e. The van der Waals surface area contributed by atoms with Crippen molar-refractivity contribution in [2.24, 2.45) is 0 Å². The Hall–Kier alpha value is -0.300. The molecule has 0 aliphatic rings. The van der Waals surface area contributed by atoms with Gasteiger partial charge in [-0.3, -0.25) is 13.9 Å². The number of carbonyl (C=O) groups excluding carboxylic acids is 1. The molecule has 44 valence electrons. The van der Waals surface area contributed by atoms with E-state index in [2.05, 4.69) is 6.79 Å². The summed E-state index contributed by atoms with van der Waals surface area (Å²) < 4.78 is 22.8. The molecule has 0 aromatic carbocycles. The van der Waals surface area contributed by atoms with Gasteiger partial charge in [-0.1, -0.05) is 0 Å². The quantitative estimate of drug-likeness (QED) is 0.378. The van der Waals surface area contributed by atoms with E-state index in [1.807, 2.05) is 0 Å². The molecule has 0 rings (SSSR count). The fraction of sp³-hybridized carbons (Fsp3) is 0. The molecule has 0 spiro atoms. The molecule has 0 fully saturated rings. The van der Waals surface area contributed by atoms with Crippen molar-refractivity contribution in [1.29, 1.82) is 0 Å². The summed E-state index contributed by atoms with van der Waals surface area (Å²) in [5, 5.41) is 0. The molecule has 0 aliphatic heterocycles. The lowest BCUT2D eigenvalue weighted by Crippen LogP contribution is -1.74. The van der Waals surface area contributed by atoms with Crippen LogP contribution in [0.25, 0.3) is 0 Å². The highest BCUT2D eigenvalue weighted by atomic mass is 32.2. The molecule has 0 aliphatic carbocycles. The van der Waals surface area contributed by atoms with Crippen molar-refractivity contribution in [3.8, 4) is 0 Å². The second-order valence-corrected chi connectivity index (χ2v) is 0.692. The van der Waals surface area contributed by atoms with E-state index in [9.17, 15) is 0 Å². The topological polar surface area (TPSA) is 110 Å². The van der Waals surface area contributed by atoms with Crippen molar-refractivity contribution in [1.82, 2.24) is 6.15 Å². The van der Waals surface area contributed by atoms with Gasteiger partial charge < -0.3 is 6.15 Å². The fourth-order valence-electron chi connectivity index (χ4n) is 0. The smallest absolute Gasteiger partial charge is 0.299 e. The first-order valence-electron chi connectivity index (χ1n) is 0.736. The normalized spacial score (nSPS) is 5.57. The van der Waals surface area contributed by atoms with E-state index in [0.717, 1.165) is 0 Å². The molecule has 0 atom stereocenters. The minimum atomic E-state index is -2.61. The van der Waals surface area contributed by atoms with E-state index in [1.165, 1.54) is 0 Å². The molecule has 5 nitrogen and oxygen atoms in total. The van der Waals surface area contributed by atoms with E-state index in [-0.39, 0.29) is 6.15 Å². The predicted octanol–water partition coefficient (Wildman–Crippen LogP) is -0.554. The van der Waals surface area contributed by atoms with Crippen LogP contribution in [0.1, 0.15) is 0 Å². The summed E-state index contributed by atoms with van der Waals surface area (Å²) in [7, 11) is 0. The average molecular weight is 127 g/mol. The highest BCUT2D eigenvalue weighted by Crippen LogP contribution is 1.44. The molecule has 0 unspecified atom stereocenters. The van der Waals surface area contributed by atoms with Gasteiger partial charge in [-0.25, -0.2) is 0 Å². The van der Waals surface area contributed by atoms with Crippen molar-refractivity contribution in [3.05, 3.63) is 0 Å². The van der Waals surface area contributed by atoms with E-state index >= 15 is 0 Å². The van der Waals surface area contributed by atoms with Crippen LogP contribution in [0.4, 0.5) is 0 Å². The second kappa shape index (κ2) is 17.3. The number of hydrogen-bond donors (Lipinski definition) is 3. The molecular formula is CH5NO4S. The van der Waals surface area contributed by atoms with Gasteiger partial charge in [0.25, 0.3) is 18.2 Å². The maximum atomic E-state index is 8.67. The summed E-state index contributed by atoms with van der Waals surface area (Å²) in [6.07, 6.45) is 0. The zero-order chi connectivity index (χ0) is 5.58. The van der Waals surface area contributed by atoms with Crippen LogP contribution in [0.5, 0.6) is 0 Å². The lowest BCUT2D eigenvalue weighted by atomic mass is 11.9. The minimum absolute atomic E-state index is 0. The van der Waals surface area contributed by atoms with Crippen molar-refractivity contribution in [2.45, 2.75) is 0 Å². The largest absolute Gasteiger partial charge is 0.344 e. The molecule has 6 heteroatoms. The molecule has 0 amide bonds. The summed E-state index contributed by atoms with van der Waals surface area (Å²) in [6.45, 7) is 4.50. The van der Waals surface area contributed by atoms with Crippen molar-refractivity contribution < 1.29 is 18.1 Å². The Labute approximate surface area is 43.4 Å². The van der Waals surface area contributed by atoms with Gasteiger partial charge >= 0.3 is 0 Å². The number of rotatable bonds is 0. The summed E-state index contributed by atoms with van der Waals surface area (Å²) in [5.74, 6) is 0. The van der Waals surface area contributed by atoms with E-state index < -0.39 is 11.4 Å². The summed E-state index contributed by atoms with van der Waals surface area (Å²) >= 11 is -2.61. The Bertz CT molecular complexity index is 43.0. The maximum Gasteiger partial charge on any atom is 0.299 e. The van der Waals surface area contributed by atoms with Gasteiger partial charge in [-0.2, -0.15) is 4.21 Å². The summed E-state index contributed by atoms with van der Waals surface area (Å²) in [4.78, 5) is 7.50. The van der Waals surface area contributed by atoms with Crippen LogP contribution in [0, 0.1) is 0 Å². The standard InChI is InChI=1S/CO.H3N.H2O3S/c1-2;;1-4(2)3/h;1H3;(H2,1,2,3). The van der Waals surface area contributed by atoms with E-state index in [1.54, 1.807) is 0 Å². The first kappa shape index (κ1) is 15.9. The van der Waals surface area contributed by atoms with Crippen LogP contribution >= 0.6 is 0 Å². The Balaban J connectivity index is -0.0000000480. The van der Waals surface area contributed by atoms with Gasteiger partial charge in [-0.05, 0) is 0 Å². The van der Waals surface area contributed by atoms with E-state index in [4.69, 9.17) is 18.1 Å². The van der Waals surface area contributed by atoms with Gasteiger partial charge in [-0.15, -0.1) is 0 Å². The van der Waals surface area contributed by atoms with Crippen LogP contribution in [-0.2, 0) is 16.2 Å². The molecule has 0 saturated heterocycles. The van der Waals surface area contributed by atoms with Crippen LogP contribution in [0.15, 0.2) is 0 Å². The molecule has 0 aromatic heterocycles. The SMILES string of the molecule is N.O=S(O)O.[C]=O. The lowest BCUT2D eigenvalue weighted by molar-refractivity contribution is 0.454. The van der Waals surface area contributed by atoms with Crippen LogP contribution in [-0.4, -0.2) is 20.1 Å². The van der Waals surface area contributed by atoms with Crippen molar-refractivity contribution >= 4 is 18.2 Å². The van der Waals surface area contributed by atoms with Gasteiger partial charge in [0.1, 0.15) is 0 Å². The molecule has 0 aromatic rings. The Morgan fingerprint density at radius 2 is 1.29 bits per heavy atom. The zero-order valence-electron chi connectivity index (χ0n) is 3.33. The molecular weight excluding hydrogens is 122 g/mol. The molecule has 0 heterocycles. The maximum absolute atomic E-state index is 8.67.